The molecule has 148 valence electrons. The molecule has 27 heavy (non-hydrogen) atoms. The molecular formula is C22H31NO4. The molecule has 0 unspecified atom stereocenters. The van der Waals surface area contributed by atoms with E-state index in [2.05, 4.69) is 32.2 Å². The normalized spacial score (nSPS) is 44.9. The SMILES string of the molecule is CC(=O)O[C@@H]1C[C@@H]2[C@H](C=C3NC(=O)C=C3[C@@]2(C)O)[C@@]2(C)CCCC(C)(C)[C@H]12. The molecule has 0 aromatic heterocycles. The average molecular weight is 373 g/mol. The number of nitrogens with one attached hydrogen (secondary N) is 1. The maximum absolute atomic E-state index is 12.0. The molecule has 1 heterocycles. The fraction of sp³-hybridized carbons (Fsp3) is 0.727. The Bertz CT molecular complexity index is 762. The second-order valence-corrected chi connectivity index (χ2v) is 10.1. The van der Waals surface area contributed by atoms with Crippen molar-refractivity contribution >= 4 is 11.9 Å². The highest BCUT2D eigenvalue weighted by molar-refractivity contribution is 5.95. The van der Waals surface area contributed by atoms with Crippen LogP contribution in [0, 0.1) is 28.6 Å². The van der Waals surface area contributed by atoms with E-state index in [-0.39, 0.29) is 46.6 Å². The van der Waals surface area contributed by atoms with Gasteiger partial charge in [0, 0.05) is 36.1 Å². The second-order valence-electron chi connectivity index (χ2n) is 10.1. The first-order chi connectivity index (χ1) is 12.5. The number of allylic oxidation sites excluding steroid dienone is 1. The summed E-state index contributed by atoms with van der Waals surface area (Å²) in [6, 6.07) is 0. The summed E-state index contributed by atoms with van der Waals surface area (Å²) in [5.74, 6) is -0.156. The van der Waals surface area contributed by atoms with Crippen LogP contribution in [0.4, 0.5) is 0 Å². The molecule has 5 nitrogen and oxygen atoms in total. The fourth-order valence-electron chi connectivity index (χ4n) is 7.01. The van der Waals surface area contributed by atoms with E-state index in [1.807, 2.05) is 6.92 Å². The Kier molecular flexibility index (Phi) is 3.95. The number of carbonyl (C=O) groups is 2. The molecule has 0 bridgehead atoms. The lowest BCUT2D eigenvalue weighted by Crippen LogP contribution is -2.62. The van der Waals surface area contributed by atoms with Crippen molar-refractivity contribution in [2.45, 2.75) is 72.0 Å². The van der Waals surface area contributed by atoms with E-state index in [0.29, 0.717) is 12.0 Å². The Balaban J connectivity index is 1.86. The van der Waals surface area contributed by atoms with Crippen molar-refractivity contribution in [3.63, 3.8) is 0 Å². The molecular weight excluding hydrogens is 342 g/mol. The molecule has 4 aliphatic rings. The van der Waals surface area contributed by atoms with E-state index in [0.717, 1.165) is 25.0 Å². The average Bonchev–Trinajstić information content (AvgIpc) is 2.89. The Morgan fingerprint density at radius 2 is 1.96 bits per heavy atom. The van der Waals surface area contributed by atoms with Crippen molar-refractivity contribution in [2.24, 2.45) is 28.6 Å². The van der Waals surface area contributed by atoms with Gasteiger partial charge in [-0.15, -0.1) is 0 Å². The van der Waals surface area contributed by atoms with Gasteiger partial charge in [-0.2, -0.15) is 0 Å². The zero-order valence-corrected chi connectivity index (χ0v) is 17.0. The van der Waals surface area contributed by atoms with Gasteiger partial charge in [0.1, 0.15) is 6.10 Å². The van der Waals surface area contributed by atoms with E-state index >= 15 is 0 Å². The summed E-state index contributed by atoms with van der Waals surface area (Å²) < 4.78 is 5.86. The van der Waals surface area contributed by atoms with Crippen molar-refractivity contribution in [2.75, 3.05) is 0 Å². The van der Waals surface area contributed by atoms with E-state index in [9.17, 15) is 14.7 Å². The molecule has 3 aliphatic carbocycles. The summed E-state index contributed by atoms with van der Waals surface area (Å²) in [6.07, 6.45) is 7.37. The standard InChI is InChI=1S/C22H31NO4/c1-12(24)27-17-10-14-13(21(4)8-6-7-20(2,3)19(17)21)9-16-15(22(14,5)26)11-18(25)23-16/h9,11,13-14,17,19,26H,6-8,10H2,1-5H3,(H,23,25)/t13-,14+,17+,19-,21+,22-/m0/s1. The lowest BCUT2D eigenvalue weighted by Gasteiger charge is -2.63. The molecule has 0 aromatic rings. The molecule has 0 aromatic carbocycles. The van der Waals surface area contributed by atoms with Crippen LogP contribution >= 0.6 is 0 Å². The first-order valence-electron chi connectivity index (χ1n) is 10.1. The minimum absolute atomic E-state index is 0.0531. The molecule has 6 atom stereocenters. The summed E-state index contributed by atoms with van der Waals surface area (Å²) in [4.78, 5) is 23.9. The molecule has 4 rings (SSSR count). The van der Waals surface area contributed by atoms with Gasteiger partial charge in [0.2, 0.25) is 5.91 Å². The van der Waals surface area contributed by atoms with Crippen molar-refractivity contribution < 1.29 is 19.4 Å². The van der Waals surface area contributed by atoms with Gasteiger partial charge in [-0.05, 0) is 42.9 Å². The smallest absolute Gasteiger partial charge is 0.302 e. The Morgan fingerprint density at radius 1 is 1.26 bits per heavy atom. The summed E-state index contributed by atoms with van der Waals surface area (Å²) in [7, 11) is 0. The van der Waals surface area contributed by atoms with Crippen LogP contribution in [-0.2, 0) is 14.3 Å². The van der Waals surface area contributed by atoms with Crippen molar-refractivity contribution in [3.8, 4) is 0 Å². The summed E-state index contributed by atoms with van der Waals surface area (Å²) in [5.41, 5.74) is 0.271. The Hall–Kier alpha value is -1.62. The minimum atomic E-state index is -1.12. The molecule has 2 N–H and O–H groups in total. The molecule has 1 aliphatic heterocycles. The molecule has 5 heteroatoms. The molecule has 2 fully saturated rings. The molecule has 0 saturated heterocycles. The molecule has 0 radical (unpaired) electrons. The van der Waals surface area contributed by atoms with Crippen molar-refractivity contribution in [1.29, 1.82) is 0 Å². The highest BCUT2D eigenvalue weighted by Crippen LogP contribution is 2.65. The number of carbonyl (C=O) groups excluding carboxylic acids is 2. The van der Waals surface area contributed by atoms with Gasteiger partial charge >= 0.3 is 5.97 Å². The minimum Gasteiger partial charge on any atom is -0.462 e. The maximum Gasteiger partial charge on any atom is 0.302 e. The zero-order valence-electron chi connectivity index (χ0n) is 17.0. The molecule has 1 amide bonds. The van der Waals surface area contributed by atoms with Gasteiger partial charge in [0.15, 0.2) is 0 Å². The number of fused-ring (bicyclic) bond motifs is 4. The van der Waals surface area contributed by atoms with Gasteiger partial charge in [0.25, 0.3) is 0 Å². The third-order valence-electron chi connectivity index (χ3n) is 7.90. The van der Waals surface area contributed by atoms with Crippen LogP contribution in [0.5, 0.6) is 0 Å². The largest absolute Gasteiger partial charge is 0.462 e. The quantitative estimate of drug-likeness (QED) is 0.693. The summed E-state index contributed by atoms with van der Waals surface area (Å²) >= 11 is 0. The summed E-state index contributed by atoms with van der Waals surface area (Å²) in [6.45, 7) is 10.1. The fourth-order valence-corrected chi connectivity index (χ4v) is 7.01. The van der Waals surface area contributed by atoms with Crippen LogP contribution < -0.4 is 5.32 Å². The number of esters is 1. The highest BCUT2D eigenvalue weighted by atomic mass is 16.5. The zero-order chi connectivity index (χ0) is 19.8. The van der Waals surface area contributed by atoms with Crippen LogP contribution in [0.15, 0.2) is 23.4 Å². The number of hydrogen-bond donors (Lipinski definition) is 2. The summed E-state index contributed by atoms with van der Waals surface area (Å²) in [5, 5.41) is 14.4. The highest BCUT2D eigenvalue weighted by Gasteiger charge is 2.63. The van der Waals surface area contributed by atoms with Gasteiger partial charge in [0.05, 0.1) is 5.60 Å². The Labute approximate surface area is 161 Å². The van der Waals surface area contributed by atoms with Crippen molar-refractivity contribution in [3.05, 3.63) is 23.4 Å². The first kappa shape index (κ1) is 18.7. The lowest BCUT2D eigenvalue weighted by atomic mass is 9.43. The van der Waals surface area contributed by atoms with E-state index in [1.165, 1.54) is 13.0 Å². The monoisotopic (exact) mass is 373 g/mol. The Morgan fingerprint density at radius 3 is 2.63 bits per heavy atom. The van der Waals surface area contributed by atoms with Gasteiger partial charge < -0.3 is 15.2 Å². The number of amides is 1. The topological polar surface area (TPSA) is 75.6 Å². The van der Waals surface area contributed by atoms with Crippen LogP contribution in [-0.4, -0.2) is 28.7 Å². The molecule has 0 spiro atoms. The van der Waals surface area contributed by atoms with Gasteiger partial charge in [-0.3, -0.25) is 9.59 Å². The van der Waals surface area contributed by atoms with Gasteiger partial charge in [-0.25, -0.2) is 0 Å². The van der Waals surface area contributed by atoms with Crippen LogP contribution in [0.1, 0.15) is 60.3 Å². The van der Waals surface area contributed by atoms with Crippen LogP contribution in [0.25, 0.3) is 0 Å². The second kappa shape index (κ2) is 5.69. The number of aliphatic hydroxyl groups is 1. The number of rotatable bonds is 1. The number of hydrogen-bond acceptors (Lipinski definition) is 4. The predicted molar refractivity (Wildman–Crippen MR) is 101 cm³/mol. The number of ether oxygens (including phenoxy) is 1. The van der Waals surface area contributed by atoms with Crippen molar-refractivity contribution in [1.82, 2.24) is 5.32 Å². The third-order valence-corrected chi connectivity index (χ3v) is 7.90. The predicted octanol–water partition coefficient (Wildman–Crippen LogP) is 3.09. The van der Waals surface area contributed by atoms with E-state index in [4.69, 9.17) is 4.74 Å². The van der Waals surface area contributed by atoms with E-state index in [1.54, 1.807) is 0 Å². The van der Waals surface area contributed by atoms with Crippen LogP contribution in [0.3, 0.4) is 0 Å². The third kappa shape index (κ3) is 2.61. The lowest BCUT2D eigenvalue weighted by molar-refractivity contribution is -0.197. The first-order valence-corrected chi connectivity index (χ1v) is 10.1. The van der Waals surface area contributed by atoms with E-state index < -0.39 is 5.60 Å². The van der Waals surface area contributed by atoms with Crippen LogP contribution in [0.2, 0.25) is 0 Å². The molecule has 2 saturated carbocycles. The maximum atomic E-state index is 12.0. The van der Waals surface area contributed by atoms with Gasteiger partial charge in [-0.1, -0.05) is 33.3 Å².